The van der Waals surface area contributed by atoms with Crippen LogP contribution in [-0.4, -0.2) is 24.0 Å². The highest BCUT2D eigenvalue weighted by Crippen LogP contribution is 2.10. The van der Waals surface area contributed by atoms with Crippen LogP contribution >= 0.6 is 0 Å². The molecule has 1 atom stereocenters. The molecule has 0 fully saturated rings. The van der Waals surface area contributed by atoms with Crippen molar-refractivity contribution in [3.8, 4) is 0 Å². The minimum absolute atomic E-state index is 0.0962. The average molecular weight is 201 g/mol. The smallest absolute Gasteiger partial charge is 0.279 e. The maximum atomic E-state index is 11.2. The number of carbonyl (C=O) groups excluding carboxylic acids is 2. The van der Waals surface area contributed by atoms with Crippen molar-refractivity contribution in [1.82, 2.24) is 11.1 Å². The third kappa shape index (κ3) is 2.97. The van der Waals surface area contributed by atoms with E-state index in [1.54, 1.807) is 13.8 Å². The van der Waals surface area contributed by atoms with Gasteiger partial charge >= 0.3 is 0 Å². The zero-order valence-corrected chi connectivity index (χ0v) is 8.46. The van der Waals surface area contributed by atoms with E-state index in [2.05, 4.69) is 5.32 Å². The van der Waals surface area contributed by atoms with Crippen molar-refractivity contribution in [2.24, 2.45) is 17.4 Å². The van der Waals surface area contributed by atoms with Crippen molar-refractivity contribution < 1.29 is 9.59 Å². The molecule has 0 heterocycles. The lowest BCUT2D eigenvalue weighted by molar-refractivity contribution is -0.133. The highest BCUT2D eigenvalue weighted by molar-refractivity contribution is 5.89. The Labute approximate surface area is 83.2 Å². The minimum Gasteiger partial charge on any atom is -0.330 e. The second-order valence-corrected chi connectivity index (χ2v) is 3.44. The maximum Gasteiger partial charge on any atom is 0.279 e. The molecule has 6 heteroatoms. The van der Waals surface area contributed by atoms with Gasteiger partial charge in [-0.05, 0) is 5.92 Å². The van der Waals surface area contributed by atoms with Crippen LogP contribution in [0.4, 0.5) is 0 Å². The van der Waals surface area contributed by atoms with Gasteiger partial charge in [-0.1, -0.05) is 13.8 Å². The molecule has 6 nitrogen and oxygen atoms in total. The highest BCUT2D eigenvalue weighted by Gasteiger charge is 2.37. The summed E-state index contributed by atoms with van der Waals surface area (Å²) in [4.78, 5) is 22.1. The fraction of sp³-hybridized carbons (Fsp3) is 0.750. The maximum absolute atomic E-state index is 11.2. The Balaban J connectivity index is 4.54. The number of amides is 2. The Bertz CT molecular complexity index is 229. The summed E-state index contributed by atoms with van der Waals surface area (Å²) in [5.74, 6) is -1.75. The Morgan fingerprint density at radius 1 is 1.50 bits per heavy atom. The van der Waals surface area contributed by atoms with Crippen LogP contribution in [0.2, 0.25) is 0 Å². The van der Waals surface area contributed by atoms with Crippen LogP contribution in [-0.2, 0) is 9.59 Å². The normalized spacial score (nSPS) is 14.9. The molecule has 1 unspecified atom stereocenters. The van der Waals surface area contributed by atoms with Crippen LogP contribution in [0, 0.1) is 5.92 Å². The Hall–Kier alpha value is -1.14. The molecule has 81 valence electrons. The summed E-state index contributed by atoms with van der Waals surface area (Å²) in [6.45, 7) is 3.51. The van der Waals surface area contributed by atoms with E-state index in [0.717, 1.165) is 0 Å². The molecule has 0 saturated carbocycles. The summed E-state index contributed by atoms with van der Waals surface area (Å²) in [6.07, 6.45) is 0.0962. The molecule has 0 saturated heterocycles. The third-order valence-electron chi connectivity index (χ3n) is 2.00. The predicted molar refractivity (Wildman–Crippen MR) is 51.7 cm³/mol. The zero-order valence-electron chi connectivity index (χ0n) is 8.46. The quantitative estimate of drug-likeness (QED) is 0.472. The molecule has 0 rings (SSSR count). The average Bonchev–Trinajstić information content (AvgIpc) is 2.03. The molecule has 6 N–H and O–H groups in total. The van der Waals surface area contributed by atoms with Gasteiger partial charge in [0.2, 0.25) is 5.91 Å². The molecular formula is C8H17N4O2. The molecule has 0 bridgehead atoms. The molecule has 0 aromatic heterocycles. The van der Waals surface area contributed by atoms with E-state index >= 15 is 0 Å². The Morgan fingerprint density at radius 2 is 2.00 bits per heavy atom. The summed E-state index contributed by atoms with van der Waals surface area (Å²) in [5.41, 5.74) is 16.1. The third-order valence-corrected chi connectivity index (χ3v) is 2.00. The SMILES string of the molecule is CC(C)C(N)(NC(=O)CCN)C([NH])=O. The predicted octanol–water partition coefficient (Wildman–Crippen LogP) is -1.43. The van der Waals surface area contributed by atoms with Crippen LogP contribution in [0.25, 0.3) is 0 Å². The van der Waals surface area contributed by atoms with Crippen molar-refractivity contribution in [3.05, 3.63) is 0 Å². The number of rotatable bonds is 5. The number of hydrogen-bond acceptors (Lipinski definition) is 4. The summed E-state index contributed by atoms with van der Waals surface area (Å²) in [6, 6.07) is 0. The van der Waals surface area contributed by atoms with Crippen LogP contribution in [0.1, 0.15) is 20.3 Å². The number of nitrogens with two attached hydrogens (primary N) is 2. The molecule has 0 aliphatic carbocycles. The number of nitrogens with one attached hydrogen (secondary N) is 2. The molecule has 0 spiro atoms. The number of hydrogen-bond donors (Lipinski definition) is 3. The van der Waals surface area contributed by atoms with Gasteiger partial charge in [-0.25, -0.2) is 0 Å². The van der Waals surface area contributed by atoms with Gasteiger partial charge in [-0.15, -0.1) is 0 Å². The summed E-state index contributed by atoms with van der Waals surface area (Å²) in [5, 5.41) is 2.32. The first-order valence-electron chi connectivity index (χ1n) is 4.40. The van der Waals surface area contributed by atoms with E-state index in [0.29, 0.717) is 0 Å². The molecule has 1 radical (unpaired) electrons. The van der Waals surface area contributed by atoms with Gasteiger partial charge in [0, 0.05) is 13.0 Å². The van der Waals surface area contributed by atoms with Gasteiger partial charge in [0.15, 0.2) is 5.66 Å². The van der Waals surface area contributed by atoms with E-state index in [9.17, 15) is 9.59 Å². The summed E-state index contributed by atoms with van der Waals surface area (Å²) >= 11 is 0. The monoisotopic (exact) mass is 201 g/mol. The largest absolute Gasteiger partial charge is 0.330 e. The van der Waals surface area contributed by atoms with Crippen molar-refractivity contribution >= 4 is 11.8 Å². The van der Waals surface area contributed by atoms with Crippen LogP contribution in [0.15, 0.2) is 0 Å². The van der Waals surface area contributed by atoms with Crippen LogP contribution in [0.3, 0.4) is 0 Å². The van der Waals surface area contributed by atoms with E-state index < -0.39 is 17.5 Å². The van der Waals surface area contributed by atoms with Crippen LogP contribution in [0.5, 0.6) is 0 Å². The van der Waals surface area contributed by atoms with E-state index in [1.165, 1.54) is 0 Å². The fourth-order valence-corrected chi connectivity index (χ4v) is 0.888. The van der Waals surface area contributed by atoms with Crippen molar-refractivity contribution in [2.75, 3.05) is 6.54 Å². The molecule has 0 aliphatic rings. The van der Waals surface area contributed by atoms with Gasteiger partial charge in [0.1, 0.15) is 0 Å². The lowest BCUT2D eigenvalue weighted by Gasteiger charge is -2.30. The summed E-state index contributed by atoms with van der Waals surface area (Å²) < 4.78 is 0. The van der Waals surface area contributed by atoms with E-state index in [-0.39, 0.29) is 18.9 Å². The standard InChI is InChI=1S/C8H17N4O2/c1-5(2)8(11,7(10)14)12-6(13)3-4-9/h5,10H,3-4,9,11H2,1-2H3,(H,12,13). The molecule has 2 amide bonds. The first-order valence-corrected chi connectivity index (χ1v) is 4.40. The molecule has 14 heavy (non-hydrogen) atoms. The second-order valence-electron chi connectivity index (χ2n) is 3.44. The Kier molecular flexibility index (Phi) is 4.52. The van der Waals surface area contributed by atoms with Gasteiger partial charge in [-0.3, -0.25) is 15.3 Å². The van der Waals surface area contributed by atoms with Crippen molar-refractivity contribution in [3.63, 3.8) is 0 Å². The van der Waals surface area contributed by atoms with E-state index in [1.807, 2.05) is 0 Å². The molecule has 0 aliphatic heterocycles. The van der Waals surface area contributed by atoms with Gasteiger partial charge in [0.05, 0.1) is 0 Å². The topological polar surface area (TPSA) is 122 Å². The lowest BCUT2D eigenvalue weighted by atomic mass is 9.96. The molecule has 0 aromatic carbocycles. The first-order chi connectivity index (χ1) is 6.34. The van der Waals surface area contributed by atoms with Gasteiger partial charge in [-0.2, -0.15) is 0 Å². The van der Waals surface area contributed by atoms with Gasteiger partial charge < -0.3 is 16.8 Å². The first kappa shape index (κ1) is 12.9. The van der Waals surface area contributed by atoms with E-state index in [4.69, 9.17) is 17.2 Å². The fourth-order valence-electron chi connectivity index (χ4n) is 0.888. The van der Waals surface area contributed by atoms with Crippen LogP contribution < -0.4 is 22.5 Å². The zero-order chi connectivity index (χ0) is 11.4. The Morgan fingerprint density at radius 3 is 2.29 bits per heavy atom. The molecular weight excluding hydrogens is 184 g/mol. The molecule has 0 aromatic rings. The summed E-state index contributed by atoms with van der Waals surface area (Å²) in [7, 11) is 0. The lowest BCUT2D eigenvalue weighted by Crippen LogP contribution is -2.65. The van der Waals surface area contributed by atoms with Crippen molar-refractivity contribution in [2.45, 2.75) is 25.9 Å². The second kappa shape index (κ2) is 4.92. The van der Waals surface area contributed by atoms with Crippen molar-refractivity contribution in [1.29, 1.82) is 0 Å². The van der Waals surface area contributed by atoms with Gasteiger partial charge in [0.25, 0.3) is 5.91 Å². The number of carbonyl (C=O) groups is 2. The highest BCUT2D eigenvalue weighted by atomic mass is 16.2. The minimum atomic E-state index is -1.60.